The number of hydrogen-bond donors (Lipinski definition) is 0. The van der Waals surface area contributed by atoms with Crippen molar-refractivity contribution in [2.45, 2.75) is 5.41 Å². The Morgan fingerprint density at radius 1 is 0.342 bits per heavy atom. The average molecular weight is 988 g/mol. The molecule has 0 saturated heterocycles. The van der Waals surface area contributed by atoms with Gasteiger partial charge < -0.3 is 19.1 Å². The molecule has 2 aliphatic rings. The Labute approximate surface area is 443 Å². The number of aromatic nitrogens is 1. The summed E-state index contributed by atoms with van der Waals surface area (Å²) in [6.07, 6.45) is 0. The summed E-state index contributed by atoms with van der Waals surface area (Å²) in [4.78, 5) is 4.78. The average Bonchev–Trinajstić information content (AvgIpc) is 4.30. The van der Waals surface area contributed by atoms with Gasteiger partial charge in [0.15, 0.2) is 0 Å². The molecular formula is C71H45N3OS. The van der Waals surface area contributed by atoms with E-state index in [1.165, 1.54) is 53.2 Å². The van der Waals surface area contributed by atoms with Crippen molar-refractivity contribution in [1.29, 1.82) is 0 Å². The summed E-state index contributed by atoms with van der Waals surface area (Å²) < 4.78 is 12.5. The van der Waals surface area contributed by atoms with E-state index < -0.39 is 5.41 Å². The number of anilines is 6. The van der Waals surface area contributed by atoms with E-state index in [4.69, 9.17) is 4.74 Å². The molecule has 16 rings (SSSR count). The molecule has 0 N–H and O–H groups in total. The molecule has 0 atom stereocenters. The molecule has 0 amide bonds. The van der Waals surface area contributed by atoms with Crippen molar-refractivity contribution < 1.29 is 4.74 Å². The predicted octanol–water partition coefficient (Wildman–Crippen LogP) is 19.7. The smallest absolute Gasteiger partial charge is 0.134 e. The summed E-state index contributed by atoms with van der Waals surface area (Å²) in [5, 5.41) is 7.40. The van der Waals surface area contributed by atoms with Gasteiger partial charge in [0.25, 0.3) is 0 Å². The molecule has 1 spiro atoms. The van der Waals surface area contributed by atoms with Crippen molar-refractivity contribution in [3.8, 4) is 28.3 Å². The highest BCUT2D eigenvalue weighted by atomic mass is 32.1. The highest BCUT2D eigenvalue weighted by Crippen LogP contribution is 2.63. The highest BCUT2D eigenvalue weighted by Gasteiger charge is 2.51. The van der Waals surface area contributed by atoms with Gasteiger partial charge in [-0.25, -0.2) is 0 Å². The molecule has 1 aliphatic carbocycles. The van der Waals surface area contributed by atoms with Crippen LogP contribution in [0.1, 0.15) is 22.3 Å². The lowest BCUT2D eigenvalue weighted by Crippen LogP contribution is -2.32. The van der Waals surface area contributed by atoms with E-state index >= 15 is 0 Å². The molecule has 0 fully saturated rings. The summed E-state index contributed by atoms with van der Waals surface area (Å²) in [6.45, 7) is 0. The molecule has 12 aromatic carbocycles. The molecule has 5 heteroatoms. The Kier molecular flexibility index (Phi) is 9.39. The maximum absolute atomic E-state index is 7.57. The lowest BCUT2D eigenvalue weighted by Gasteiger charge is -2.40. The van der Waals surface area contributed by atoms with E-state index in [0.29, 0.717) is 0 Å². The lowest BCUT2D eigenvalue weighted by atomic mass is 9.66. The third-order valence-corrected chi connectivity index (χ3v) is 17.1. The van der Waals surface area contributed by atoms with Crippen LogP contribution < -0.4 is 14.5 Å². The first-order valence-corrected chi connectivity index (χ1v) is 26.8. The molecule has 0 radical (unpaired) electrons. The molecule has 0 unspecified atom stereocenters. The first kappa shape index (κ1) is 42.8. The van der Waals surface area contributed by atoms with Gasteiger partial charge in [-0.15, -0.1) is 11.3 Å². The fraction of sp³-hybridized carbons (Fsp3) is 0.0141. The van der Waals surface area contributed by atoms with Crippen LogP contribution >= 0.6 is 11.3 Å². The van der Waals surface area contributed by atoms with E-state index in [2.05, 4.69) is 287 Å². The van der Waals surface area contributed by atoms with Crippen molar-refractivity contribution in [3.05, 3.63) is 295 Å². The molecular weight excluding hydrogens is 943 g/mol. The van der Waals surface area contributed by atoms with Gasteiger partial charge in [-0.2, -0.15) is 0 Å². The van der Waals surface area contributed by atoms with E-state index in [0.717, 1.165) is 84.2 Å². The summed E-state index contributed by atoms with van der Waals surface area (Å²) >= 11 is 1.86. The first-order valence-electron chi connectivity index (χ1n) is 26.0. The van der Waals surface area contributed by atoms with Gasteiger partial charge >= 0.3 is 0 Å². The van der Waals surface area contributed by atoms with Crippen molar-refractivity contribution in [1.82, 2.24) is 4.57 Å². The van der Waals surface area contributed by atoms with Crippen molar-refractivity contribution in [2.75, 3.05) is 9.80 Å². The maximum atomic E-state index is 7.57. The quantitative estimate of drug-likeness (QED) is 0.159. The number of para-hydroxylation sites is 4. The Balaban J connectivity index is 0.959. The minimum Gasteiger partial charge on any atom is -0.457 e. The monoisotopic (exact) mass is 987 g/mol. The van der Waals surface area contributed by atoms with Crippen LogP contribution in [-0.2, 0) is 5.41 Å². The van der Waals surface area contributed by atoms with Gasteiger partial charge in [-0.05, 0) is 130 Å². The Morgan fingerprint density at radius 2 is 0.895 bits per heavy atom. The SMILES string of the molecule is c1ccc(N(c2ccc3c(c2)Oc2cc4c(cc2C32c3ccccc3-c3ccccc32)c2c(N(c3ccccc3)c3ccccc3)cccc2n4-c2ccccc2)c2ccc3c(c2)sc2cc4ccccc4cc23)cc1. The topological polar surface area (TPSA) is 20.6 Å². The summed E-state index contributed by atoms with van der Waals surface area (Å²) in [5.74, 6) is 1.66. The third-order valence-electron chi connectivity index (χ3n) is 16.0. The minimum absolute atomic E-state index is 0.714. The Morgan fingerprint density at radius 3 is 1.58 bits per heavy atom. The second-order valence-electron chi connectivity index (χ2n) is 20.0. The molecule has 3 heterocycles. The second kappa shape index (κ2) is 16.7. The van der Waals surface area contributed by atoms with Crippen LogP contribution in [0.3, 0.4) is 0 Å². The minimum atomic E-state index is -0.714. The fourth-order valence-electron chi connectivity index (χ4n) is 12.8. The van der Waals surface area contributed by atoms with Gasteiger partial charge in [0.05, 0.1) is 22.1 Å². The first-order chi connectivity index (χ1) is 37.7. The van der Waals surface area contributed by atoms with Gasteiger partial charge in [0, 0.05) is 88.3 Å². The fourth-order valence-corrected chi connectivity index (χ4v) is 14.0. The summed E-state index contributed by atoms with van der Waals surface area (Å²) in [6, 6.07) is 99.8. The molecule has 4 nitrogen and oxygen atoms in total. The van der Waals surface area contributed by atoms with Crippen LogP contribution in [0.5, 0.6) is 11.5 Å². The van der Waals surface area contributed by atoms with Gasteiger partial charge in [0.1, 0.15) is 11.5 Å². The summed E-state index contributed by atoms with van der Waals surface area (Å²) in [5.41, 5.74) is 16.2. The number of nitrogens with zero attached hydrogens (tertiary/aromatic N) is 3. The molecule has 1 aliphatic heterocycles. The maximum Gasteiger partial charge on any atom is 0.134 e. The van der Waals surface area contributed by atoms with Crippen molar-refractivity contribution in [3.63, 3.8) is 0 Å². The van der Waals surface area contributed by atoms with Crippen LogP contribution in [0.2, 0.25) is 0 Å². The normalized spacial score (nSPS) is 12.9. The molecule has 14 aromatic rings. The molecule has 0 bridgehead atoms. The number of benzene rings is 12. The van der Waals surface area contributed by atoms with Gasteiger partial charge in [-0.1, -0.05) is 164 Å². The molecule has 0 saturated carbocycles. The number of rotatable bonds is 7. The lowest BCUT2D eigenvalue weighted by molar-refractivity contribution is 0.437. The number of ether oxygens (including phenoxy) is 1. The van der Waals surface area contributed by atoms with Crippen LogP contribution in [0, 0.1) is 0 Å². The third kappa shape index (κ3) is 6.24. The second-order valence-corrected chi connectivity index (χ2v) is 21.1. The number of thiophene rings is 1. The molecule has 356 valence electrons. The Bertz CT molecular complexity index is 4540. The van der Waals surface area contributed by atoms with E-state index in [9.17, 15) is 0 Å². The zero-order valence-electron chi connectivity index (χ0n) is 41.1. The molecule has 76 heavy (non-hydrogen) atoms. The van der Waals surface area contributed by atoms with Crippen LogP contribution in [0.25, 0.3) is 69.6 Å². The van der Waals surface area contributed by atoms with Crippen LogP contribution in [0.4, 0.5) is 34.1 Å². The van der Waals surface area contributed by atoms with Gasteiger partial charge in [0.2, 0.25) is 0 Å². The summed E-state index contributed by atoms with van der Waals surface area (Å²) in [7, 11) is 0. The van der Waals surface area contributed by atoms with E-state index in [1.807, 2.05) is 11.3 Å². The zero-order valence-corrected chi connectivity index (χ0v) is 42.0. The van der Waals surface area contributed by atoms with E-state index in [1.54, 1.807) is 0 Å². The van der Waals surface area contributed by atoms with Crippen molar-refractivity contribution >= 4 is 98.2 Å². The highest BCUT2D eigenvalue weighted by molar-refractivity contribution is 7.26. The number of hydrogen-bond acceptors (Lipinski definition) is 4. The van der Waals surface area contributed by atoms with Crippen LogP contribution in [-0.4, -0.2) is 4.57 Å². The largest absolute Gasteiger partial charge is 0.457 e. The zero-order chi connectivity index (χ0) is 49.9. The van der Waals surface area contributed by atoms with E-state index in [-0.39, 0.29) is 0 Å². The standard InChI is InChI=1S/C71H45N3OS/c1-5-22-48(23-6-1)72(53-36-38-56-57-40-46-20-13-14-21-47(46)41-68(57)76-69(56)43-53)52-37-39-61-66(42-52)75-67-45-65-58(44-62(67)71(61)59-32-17-15-30-54(59)55-31-16-18-33-60(55)71)70-63(34-19-35-64(70)74(65)51-28-11-4-12-29-51)73(49-24-7-2-8-25-49)50-26-9-3-10-27-50/h1-45H. The number of fused-ring (bicyclic) bond motifs is 16. The van der Waals surface area contributed by atoms with Crippen molar-refractivity contribution in [2.24, 2.45) is 0 Å². The Hall–Kier alpha value is -9.68. The molecule has 2 aromatic heterocycles. The van der Waals surface area contributed by atoms with Crippen LogP contribution in [0.15, 0.2) is 273 Å². The van der Waals surface area contributed by atoms with Gasteiger partial charge in [-0.3, -0.25) is 0 Å². The predicted molar refractivity (Wildman–Crippen MR) is 318 cm³/mol.